The Labute approximate surface area is 157 Å². The molecule has 0 atom stereocenters. The number of esters is 2. The van der Waals surface area contributed by atoms with E-state index < -0.39 is 18.2 Å². The molecule has 0 aromatic heterocycles. The Kier molecular flexibility index (Phi) is 4.93. The van der Waals surface area contributed by atoms with E-state index in [2.05, 4.69) is 0 Å². The number of cyclic esters (lactones) is 2. The molecule has 0 amide bonds. The fraction of sp³-hybridized carbons (Fsp3) is 0.111. The fourth-order valence-corrected chi connectivity index (χ4v) is 2.92. The van der Waals surface area contributed by atoms with E-state index in [9.17, 15) is 14.7 Å². The number of hydrogen-bond acceptors (Lipinski definition) is 6. The number of rotatable bonds is 3. The zero-order chi connectivity index (χ0) is 18.0. The molecule has 1 heterocycles. The van der Waals surface area contributed by atoms with Gasteiger partial charge >= 0.3 is 11.9 Å². The van der Waals surface area contributed by atoms with E-state index in [-0.39, 0.29) is 17.1 Å². The summed E-state index contributed by atoms with van der Waals surface area (Å²) in [6.07, 6.45) is 0.281. The van der Waals surface area contributed by atoms with E-state index in [4.69, 9.17) is 14.2 Å². The largest absolute Gasteiger partial charge is 0.504 e. The van der Waals surface area contributed by atoms with Crippen LogP contribution in [0.3, 0.4) is 0 Å². The number of phenolic OH excluding ortho intramolecular Hbond substituents is 1. The molecule has 3 rings (SSSR count). The molecule has 0 bridgehead atoms. The summed E-state index contributed by atoms with van der Waals surface area (Å²) in [5, 5.41) is 9.86. The molecule has 0 unspecified atom stereocenters. The van der Waals surface area contributed by atoms with E-state index in [1.54, 1.807) is 36.4 Å². The Morgan fingerprint density at radius 2 is 1.76 bits per heavy atom. The number of carbonyl (C=O) groups excluding carboxylic acids is 2. The van der Waals surface area contributed by atoms with Crippen LogP contribution in [0, 0.1) is 3.57 Å². The van der Waals surface area contributed by atoms with Crippen LogP contribution in [0.2, 0.25) is 0 Å². The van der Waals surface area contributed by atoms with Crippen molar-refractivity contribution in [3.05, 3.63) is 62.7 Å². The second-order valence-corrected chi connectivity index (χ2v) is 6.33. The number of benzene rings is 2. The highest BCUT2D eigenvalue weighted by molar-refractivity contribution is 14.1. The highest BCUT2D eigenvalue weighted by Gasteiger charge is 2.34. The number of hydrogen-bond donors (Lipinski definition) is 1. The maximum Gasteiger partial charge on any atom is 0.348 e. The van der Waals surface area contributed by atoms with Gasteiger partial charge in [0.05, 0.1) is 10.7 Å². The van der Waals surface area contributed by atoms with E-state index in [0.717, 1.165) is 0 Å². The van der Waals surface area contributed by atoms with Gasteiger partial charge in [-0.3, -0.25) is 0 Å². The van der Waals surface area contributed by atoms with Crippen molar-refractivity contribution in [2.24, 2.45) is 0 Å². The highest BCUT2D eigenvalue weighted by atomic mass is 127. The first kappa shape index (κ1) is 17.3. The quantitative estimate of drug-likeness (QED) is 0.334. The van der Waals surface area contributed by atoms with Crippen LogP contribution in [0.15, 0.2) is 48.0 Å². The molecule has 6 nitrogen and oxygen atoms in total. The van der Waals surface area contributed by atoms with Crippen LogP contribution in [0.4, 0.5) is 0 Å². The van der Waals surface area contributed by atoms with Gasteiger partial charge in [0.2, 0.25) is 0 Å². The van der Waals surface area contributed by atoms with Crippen molar-refractivity contribution in [1.82, 2.24) is 0 Å². The lowest BCUT2D eigenvalue weighted by Gasteiger charge is -2.24. The highest BCUT2D eigenvalue weighted by Crippen LogP contribution is 2.34. The standard InChI is InChI=1S/C18H13IO6/c1-23-14-9-10(8-13(19)15(14)20)7-12-16(21)24-18(25-17(12)22)11-5-3-2-4-6-11/h2-9,18,20H,1H3. The average Bonchev–Trinajstić information content (AvgIpc) is 2.61. The van der Waals surface area contributed by atoms with Crippen LogP contribution >= 0.6 is 22.6 Å². The number of aromatic hydroxyl groups is 1. The van der Waals surface area contributed by atoms with Crippen LogP contribution < -0.4 is 4.74 Å². The zero-order valence-corrected chi connectivity index (χ0v) is 15.2. The Hall–Kier alpha value is -2.55. The summed E-state index contributed by atoms with van der Waals surface area (Å²) in [6.45, 7) is 0. The first-order valence-corrected chi connectivity index (χ1v) is 8.32. The van der Waals surface area contributed by atoms with Gasteiger partial charge in [0, 0.05) is 5.56 Å². The molecule has 7 heteroatoms. The first-order valence-electron chi connectivity index (χ1n) is 7.24. The molecule has 2 aromatic rings. The summed E-state index contributed by atoms with van der Waals surface area (Å²) >= 11 is 1.92. The van der Waals surface area contributed by atoms with Crippen molar-refractivity contribution < 1.29 is 28.9 Å². The van der Waals surface area contributed by atoms with Crippen LogP contribution in [-0.4, -0.2) is 24.2 Å². The van der Waals surface area contributed by atoms with E-state index >= 15 is 0 Å². The fourth-order valence-electron chi connectivity index (χ4n) is 2.29. The maximum atomic E-state index is 12.2. The molecule has 1 saturated heterocycles. The third-order valence-electron chi connectivity index (χ3n) is 3.52. The summed E-state index contributed by atoms with van der Waals surface area (Å²) in [5.74, 6) is -1.32. The molecule has 25 heavy (non-hydrogen) atoms. The number of carbonyl (C=O) groups is 2. The molecular weight excluding hydrogens is 439 g/mol. The van der Waals surface area contributed by atoms with Crippen molar-refractivity contribution in [2.45, 2.75) is 6.29 Å². The monoisotopic (exact) mass is 452 g/mol. The van der Waals surface area contributed by atoms with Gasteiger partial charge in [-0.1, -0.05) is 30.3 Å². The van der Waals surface area contributed by atoms with Crippen LogP contribution in [0.5, 0.6) is 11.5 Å². The number of halogens is 1. The topological polar surface area (TPSA) is 82.1 Å². The van der Waals surface area contributed by atoms with Gasteiger partial charge in [-0.25, -0.2) is 9.59 Å². The summed E-state index contributed by atoms with van der Waals surface area (Å²) in [6, 6.07) is 11.8. The lowest BCUT2D eigenvalue weighted by Crippen LogP contribution is -2.29. The SMILES string of the molecule is COc1cc(C=C2C(=O)OC(c3ccccc3)OC2=O)cc(I)c1O. The Morgan fingerprint density at radius 3 is 2.36 bits per heavy atom. The molecule has 1 aliphatic rings. The minimum absolute atomic E-state index is 0.0109. The predicted octanol–water partition coefficient (Wildman–Crippen LogP) is 3.19. The van der Waals surface area contributed by atoms with Gasteiger partial charge in [0.25, 0.3) is 6.29 Å². The van der Waals surface area contributed by atoms with Gasteiger partial charge in [0.1, 0.15) is 5.57 Å². The van der Waals surface area contributed by atoms with Gasteiger partial charge in [-0.15, -0.1) is 0 Å². The summed E-state index contributed by atoms with van der Waals surface area (Å²) < 4.78 is 16.0. The molecule has 1 N–H and O–H groups in total. The van der Waals surface area contributed by atoms with Crippen molar-refractivity contribution in [3.63, 3.8) is 0 Å². The summed E-state index contributed by atoms with van der Waals surface area (Å²) in [4.78, 5) is 24.5. The molecule has 1 fully saturated rings. The second-order valence-electron chi connectivity index (χ2n) is 5.16. The Morgan fingerprint density at radius 1 is 1.12 bits per heavy atom. The maximum absolute atomic E-state index is 12.2. The molecule has 0 radical (unpaired) electrons. The third kappa shape index (κ3) is 3.60. The second kappa shape index (κ2) is 7.14. The normalized spacial score (nSPS) is 16.9. The minimum Gasteiger partial charge on any atom is -0.504 e. The van der Waals surface area contributed by atoms with Gasteiger partial charge in [0.15, 0.2) is 11.5 Å². The third-order valence-corrected chi connectivity index (χ3v) is 4.34. The van der Waals surface area contributed by atoms with Crippen LogP contribution in [-0.2, 0) is 19.1 Å². The number of phenols is 1. The van der Waals surface area contributed by atoms with E-state index in [0.29, 0.717) is 14.7 Å². The van der Waals surface area contributed by atoms with Gasteiger partial charge in [-0.05, 0) is 46.4 Å². The zero-order valence-electron chi connectivity index (χ0n) is 13.1. The lowest BCUT2D eigenvalue weighted by atomic mass is 10.1. The number of ether oxygens (including phenoxy) is 3. The summed E-state index contributed by atoms with van der Waals surface area (Å²) in [7, 11) is 1.41. The van der Waals surface area contributed by atoms with Gasteiger partial charge < -0.3 is 19.3 Å². The van der Waals surface area contributed by atoms with Crippen LogP contribution in [0.1, 0.15) is 17.4 Å². The number of methoxy groups -OCH3 is 1. The average molecular weight is 452 g/mol. The van der Waals surface area contributed by atoms with Crippen molar-refractivity contribution in [2.75, 3.05) is 7.11 Å². The molecule has 0 saturated carbocycles. The van der Waals surface area contributed by atoms with Crippen LogP contribution in [0.25, 0.3) is 6.08 Å². The Bertz CT molecular complexity index is 839. The van der Waals surface area contributed by atoms with E-state index in [1.165, 1.54) is 19.3 Å². The van der Waals surface area contributed by atoms with Crippen molar-refractivity contribution in [3.8, 4) is 11.5 Å². The molecule has 2 aromatic carbocycles. The lowest BCUT2D eigenvalue weighted by molar-refractivity contribution is -0.195. The molecule has 0 aliphatic carbocycles. The van der Waals surface area contributed by atoms with Crippen molar-refractivity contribution in [1.29, 1.82) is 0 Å². The molecular formula is C18H13IO6. The minimum atomic E-state index is -1.06. The summed E-state index contributed by atoms with van der Waals surface area (Å²) in [5.41, 5.74) is 0.848. The van der Waals surface area contributed by atoms with Gasteiger partial charge in [-0.2, -0.15) is 0 Å². The predicted molar refractivity (Wildman–Crippen MR) is 96.7 cm³/mol. The molecule has 1 aliphatic heterocycles. The Balaban J connectivity index is 1.89. The molecule has 128 valence electrons. The molecule has 0 spiro atoms. The smallest absolute Gasteiger partial charge is 0.348 e. The van der Waals surface area contributed by atoms with Crippen molar-refractivity contribution >= 4 is 40.6 Å². The van der Waals surface area contributed by atoms with E-state index in [1.807, 2.05) is 22.6 Å². The first-order chi connectivity index (χ1) is 12.0.